The van der Waals surface area contributed by atoms with Gasteiger partial charge in [-0.1, -0.05) is 27.2 Å². The Balaban J connectivity index is 2.61. The predicted molar refractivity (Wildman–Crippen MR) is 74.1 cm³/mol. The van der Waals surface area contributed by atoms with Crippen molar-refractivity contribution in [3.05, 3.63) is 0 Å². The largest absolute Gasteiger partial charge is 0.480 e. The van der Waals surface area contributed by atoms with Gasteiger partial charge < -0.3 is 15.3 Å². The maximum atomic E-state index is 12.0. The van der Waals surface area contributed by atoms with Gasteiger partial charge in [0.2, 0.25) is 11.8 Å². The third-order valence-corrected chi connectivity index (χ3v) is 3.42. The van der Waals surface area contributed by atoms with Crippen LogP contribution in [0, 0.1) is 5.41 Å². The maximum Gasteiger partial charge on any atom is 0.326 e. The Morgan fingerprint density at radius 2 is 1.95 bits per heavy atom. The molecule has 0 bridgehead atoms. The molecule has 20 heavy (non-hydrogen) atoms. The van der Waals surface area contributed by atoms with Crippen molar-refractivity contribution in [2.24, 2.45) is 5.41 Å². The Bertz CT molecular complexity index is 387. The normalized spacial score (nSPS) is 18.4. The van der Waals surface area contributed by atoms with Crippen LogP contribution in [-0.2, 0) is 14.4 Å². The average molecular weight is 284 g/mol. The molecule has 1 fully saturated rings. The third-order valence-electron chi connectivity index (χ3n) is 3.42. The summed E-state index contributed by atoms with van der Waals surface area (Å²) in [5, 5.41) is 11.7. The molecule has 0 saturated carbocycles. The van der Waals surface area contributed by atoms with E-state index in [1.165, 1.54) is 4.90 Å². The average Bonchev–Trinajstić information content (AvgIpc) is 2.50. The summed E-state index contributed by atoms with van der Waals surface area (Å²) in [5.74, 6) is -1.50. The summed E-state index contributed by atoms with van der Waals surface area (Å²) in [7, 11) is 0. The highest BCUT2D eigenvalue weighted by molar-refractivity contribution is 5.88. The fourth-order valence-electron chi connectivity index (χ4n) is 2.23. The lowest BCUT2D eigenvalue weighted by molar-refractivity contribution is -0.145. The fourth-order valence-corrected chi connectivity index (χ4v) is 2.23. The van der Waals surface area contributed by atoms with E-state index in [2.05, 4.69) is 5.32 Å². The molecule has 6 nitrogen and oxygen atoms in total. The zero-order chi connectivity index (χ0) is 15.3. The van der Waals surface area contributed by atoms with Crippen molar-refractivity contribution in [3.63, 3.8) is 0 Å². The highest BCUT2D eigenvalue weighted by Gasteiger charge is 2.33. The quantitative estimate of drug-likeness (QED) is 0.806. The van der Waals surface area contributed by atoms with Gasteiger partial charge in [-0.2, -0.15) is 0 Å². The molecule has 1 heterocycles. The van der Waals surface area contributed by atoms with E-state index in [-0.39, 0.29) is 12.5 Å². The van der Waals surface area contributed by atoms with E-state index >= 15 is 0 Å². The van der Waals surface area contributed by atoms with Crippen LogP contribution in [0.3, 0.4) is 0 Å². The monoisotopic (exact) mass is 284 g/mol. The first-order chi connectivity index (χ1) is 9.21. The first kappa shape index (κ1) is 16.5. The zero-order valence-electron chi connectivity index (χ0n) is 12.4. The van der Waals surface area contributed by atoms with Crippen LogP contribution in [0.25, 0.3) is 0 Å². The van der Waals surface area contributed by atoms with E-state index < -0.39 is 23.3 Å². The smallest absolute Gasteiger partial charge is 0.326 e. The number of amides is 2. The van der Waals surface area contributed by atoms with Gasteiger partial charge in [-0.05, 0) is 18.3 Å². The number of hydrogen-bond donors (Lipinski definition) is 2. The second kappa shape index (κ2) is 6.72. The summed E-state index contributed by atoms with van der Waals surface area (Å²) >= 11 is 0. The van der Waals surface area contributed by atoms with Crippen molar-refractivity contribution in [2.45, 2.75) is 52.5 Å². The minimum Gasteiger partial charge on any atom is -0.480 e. The first-order valence-electron chi connectivity index (χ1n) is 7.02. The molecule has 114 valence electrons. The van der Waals surface area contributed by atoms with E-state index in [1.54, 1.807) is 20.8 Å². The van der Waals surface area contributed by atoms with Crippen LogP contribution in [0.4, 0.5) is 0 Å². The van der Waals surface area contributed by atoms with Crippen molar-refractivity contribution in [1.29, 1.82) is 0 Å². The maximum absolute atomic E-state index is 12.0. The lowest BCUT2D eigenvalue weighted by Crippen LogP contribution is -2.52. The standard InChI is InChI=1S/C14H24N2O4/c1-14(2,3)12(13(19)20)15-10(17)9-16-8-6-4-5-7-11(16)18/h12H,4-9H2,1-3H3,(H,15,17)(H,19,20)/t12-/m1/s1. The van der Waals surface area contributed by atoms with Gasteiger partial charge in [0.1, 0.15) is 6.04 Å². The summed E-state index contributed by atoms with van der Waals surface area (Å²) in [6.45, 7) is 5.77. The van der Waals surface area contributed by atoms with Gasteiger partial charge >= 0.3 is 5.97 Å². The summed E-state index contributed by atoms with van der Waals surface area (Å²) in [4.78, 5) is 36.5. The number of nitrogens with zero attached hydrogens (tertiary/aromatic N) is 1. The molecule has 2 amide bonds. The lowest BCUT2D eigenvalue weighted by Gasteiger charge is -2.29. The molecule has 0 radical (unpaired) electrons. The third kappa shape index (κ3) is 4.83. The molecule has 2 N–H and O–H groups in total. The van der Waals surface area contributed by atoms with Crippen molar-refractivity contribution in [1.82, 2.24) is 10.2 Å². The van der Waals surface area contributed by atoms with Gasteiger partial charge in [0, 0.05) is 13.0 Å². The van der Waals surface area contributed by atoms with E-state index in [4.69, 9.17) is 5.11 Å². The van der Waals surface area contributed by atoms with Crippen molar-refractivity contribution < 1.29 is 19.5 Å². The lowest BCUT2D eigenvalue weighted by atomic mass is 9.87. The Hall–Kier alpha value is -1.59. The molecule has 6 heteroatoms. The summed E-state index contributed by atoms with van der Waals surface area (Å²) in [5.41, 5.74) is -0.579. The number of carbonyl (C=O) groups is 3. The molecule has 0 spiro atoms. The molecule has 1 rings (SSSR count). The van der Waals surface area contributed by atoms with E-state index in [1.807, 2.05) is 0 Å². The van der Waals surface area contributed by atoms with Crippen LogP contribution in [0.15, 0.2) is 0 Å². The Morgan fingerprint density at radius 1 is 1.30 bits per heavy atom. The molecule has 0 aromatic rings. The molecule has 0 aromatic heterocycles. The van der Waals surface area contributed by atoms with Crippen LogP contribution in [0.5, 0.6) is 0 Å². The van der Waals surface area contributed by atoms with E-state index in [0.717, 1.165) is 19.3 Å². The van der Waals surface area contributed by atoms with Gasteiger partial charge in [-0.15, -0.1) is 0 Å². The summed E-state index contributed by atoms with van der Waals surface area (Å²) in [6.07, 6.45) is 3.20. The molecule has 1 aliphatic rings. The molecule has 0 aliphatic carbocycles. The zero-order valence-corrected chi connectivity index (χ0v) is 12.4. The van der Waals surface area contributed by atoms with Crippen molar-refractivity contribution in [3.8, 4) is 0 Å². The van der Waals surface area contributed by atoms with Gasteiger partial charge in [0.25, 0.3) is 0 Å². The summed E-state index contributed by atoms with van der Waals surface area (Å²) in [6, 6.07) is -0.961. The molecule has 1 aliphatic heterocycles. The number of hydrogen-bond acceptors (Lipinski definition) is 3. The van der Waals surface area contributed by atoms with Gasteiger partial charge in [0.15, 0.2) is 0 Å². The van der Waals surface area contributed by atoms with Crippen molar-refractivity contribution in [2.75, 3.05) is 13.1 Å². The topological polar surface area (TPSA) is 86.7 Å². The summed E-state index contributed by atoms with van der Waals surface area (Å²) < 4.78 is 0. The van der Waals surface area contributed by atoms with Crippen LogP contribution in [-0.4, -0.2) is 46.9 Å². The van der Waals surface area contributed by atoms with Crippen LogP contribution in [0.1, 0.15) is 46.5 Å². The predicted octanol–water partition coefficient (Wildman–Crippen LogP) is 1.00. The van der Waals surface area contributed by atoms with Crippen LogP contribution < -0.4 is 5.32 Å². The highest BCUT2D eigenvalue weighted by Crippen LogP contribution is 2.19. The number of rotatable bonds is 4. The fraction of sp³-hybridized carbons (Fsp3) is 0.786. The first-order valence-corrected chi connectivity index (χ1v) is 7.02. The molecular weight excluding hydrogens is 260 g/mol. The number of likely N-dealkylation sites (tertiary alicyclic amines) is 1. The Kier molecular flexibility index (Phi) is 5.53. The highest BCUT2D eigenvalue weighted by atomic mass is 16.4. The van der Waals surface area contributed by atoms with Crippen molar-refractivity contribution >= 4 is 17.8 Å². The second-order valence-corrected chi connectivity index (χ2v) is 6.33. The van der Waals surface area contributed by atoms with Gasteiger partial charge in [0.05, 0.1) is 6.54 Å². The number of carbonyl (C=O) groups excluding carboxylic acids is 2. The molecule has 1 saturated heterocycles. The molecular formula is C14H24N2O4. The number of carboxylic acids is 1. The minimum atomic E-state index is -1.06. The number of carboxylic acid groups (broad SMARTS) is 1. The van der Waals surface area contributed by atoms with Crippen LogP contribution >= 0.6 is 0 Å². The molecule has 0 unspecified atom stereocenters. The number of aliphatic carboxylic acids is 1. The van der Waals surface area contributed by atoms with Gasteiger partial charge in [-0.3, -0.25) is 9.59 Å². The second-order valence-electron chi connectivity index (χ2n) is 6.33. The number of nitrogens with one attached hydrogen (secondary N) is 1. The minimum absolute atomic E-state index is 0.0275. The van der Waals surface area contributed by atoms with E-state index in [0.29, 0.717) is 13.0 Å². The Labute approximate surface area is 119 Å². The van der Waals surface area contributed by atoms with Gasteiger partial charge in [-0.25, -0.2) is 4.79 Å². The Morgan fingerprint density at radius 3 is 2.50 bits per heavy atom. The van der Waals surface area contributed by atoms with E-state index in [9.17, 15) is 14.4 Å². The van der Waals surface area contributed by atoms with Crippen LogP contribution in [0.2, 0.25) is 0 Å². The molecule has 0 aromatic carbocycles. The SMILES string of the molecule is CC(C)(C)[C@H](NC(=O)CN1CCCCCC1=O)C(=O)O. The molecule has 1 atom stereocenters.